The minimum Gasteiger partial charge on any atom is -0.254 e. The largest absolute Gasteiger partial charge is 0.254 e. The number of hydrogen-bond acceptors (Lipinski definition) is 5. The molecule has 0 spiro atoms. The van der Waals surface area contributed by atoms with Gasteiger partial charge in [0.15, 0.2) is 0 Å². The molecule has 1 aromatic carbocycles. The molecule has 0 aliphatic carbocycles. The van der Waals surface area contributed by atoms with Crippen LogP contribution in [0, 0.1) is 0 Å². The molecule has 0 unspecified atom stereocenters. The average Bonchev–Trinajstić information content (AvgIpc) is 2.57. The lowest BCUT2D eigenvalue weighted by atomic mass is 10.1. The Morgan fingerprint density at radius 3 is 1.40 bits per heavy atom. The second kappa shape index (κ2) is 5.79. The third-order valence-electron chi connectivity index (χ3n) is 2.74. The maximum atomic E-state index is 4.35. The maximum absolute atomic E-state index is 4.35. The molecule has 0 radical (unpaired) electrons. The van der Waals surface area contributed by atoms with Crippen molar-refractivity contribution in [3.8, 4) is 0 Å². The molecule has 0 saturated carbocycles. The van der Waals surface area contributed by atoms with Crippen molar-refractivity contribution in [1.29, 1.82) is 0 Å². The van der Waals surface area contributed by atoms with Gasteiger partial charge in [0.1, 0.15) is 19.0 Å². The summed E-state index contributed by atoms with van der Waals surface area (Å²) in [5.41, 5.74) is 1.95. The number of hydrogen-bond donors (Lipinski definition) is 0. The molecule has 0 N–H and O–H groups in total. The number of pyridine rings is 2. The van der Waals surface area contributed by atoms with Crippen LogP contribution in [0.5, 0.6) is 0 Å². The Kier molecular flexibility index (Phi) is 3.51. The van der Waals surface area contributed by atoms with Gasteiger partial charge in [-0.15, -0.1) is 0 Å². The molecule has 0 saturated heterocycles. The van der Waals surface area contributed by atoms with Crippen molar-refractivity contribution in [2.75, 3.05) is 0 Å². The Hall–Kier alpha value is -2.95. The van der Waals surface area contributed by atoms with E-state index >= 15 is 0 Å². The lowest BCUT2D eigenvalue weighted by Gasteiger charge is -2.00. The van der Waals surface area contributed by atoms with Gasteiger partial charge in [-0.25, -0.2) is 15.0 Å². The van der Waals surface area contributed by atoms with E-state index < -0.39 is 0 Å². The summed E-state index contributed by atoms with van der Waals surface area (Å²) in [6.07, 6.45) is 7.92. The molecule has 20 heavy (non-hydrogen) atoms. The van der Waals surface area contributed by atoms with Gasteiger partial charge in [0, 0.05) is 23.2 Å². The molecule has 0 bridgehead atoms. The smallest absolute Gasteiger partial charge is 0.119 e. The van der Waals surface area contributed by atoms with E-state index in [0.29, 0.717) is 0 Å². The lowest BCUT2D eigenvalue weighted by molar-refractivity contribution is 1.05. The van der Waals surface area contributed by atoms with Crippen molar-refractivity contribution in [1.82, 2.24) is 24.9 Å². The van der Waals surface area contributed by atoms with Gasteiger partial charge in [-0.3, -0.25) is 9.97 Å². The van der Waals surface area contributed by atoms with E-state index in [1.807, 2.05) is 12.1 Å². The molecule has 0 fully saturated rings. The van der Waals surface area contributed by atoms with Crippen LogP contribution < -0.4 is 0 Å². The Bertz CT molecular complexity index is 736. The lowest BCUT2D eigenvalue weighted by Crippen LogP contribution is -1.83. The summed E-state index contributed by atoms with van der Waals surface area (Å²) < 4.78 is 0. The summed E-state index contributed by atoms with van der Waals surface area (Å²) >= 11 is 0. The number of aromatic nitrogens is 5. The van der Waals surface area contributed by atoms with E-state index in [1.54, 1.807) is 12.4 Å². The van der Waals surface area contributed by atoms with Gasteiger partial charge in [-0.05, 0) is 12.1 Å². The first kappa shape index (κ1) is 12.1. The molecule has 0 aliphatic heterocycles. The first-order valence-corrected chi connectivity index (χ1v) is 6.08. The van der Waals surface area contributed by atoms with Gasteiger partial charge in [0.2, 0.25) is 0 Å². The molecule has 5 heteroatoms. The topological polar surface area (TPSA) is 64.5 Å². The van der Waals surface area contributed by atoms with Crippen LogP contribution in [0.3, 0.4) is 0 Å². The summed E-state index contributed by atoms with van der Waals surface area (Å²) in [6.45, 7) is 0. The fraction of sp³-hybridized carbons (Fsp3) is 0. The van der Waals surface area contributed by atoms with Crippen LogP contribution in [-0.2, 0) is 0 Å². The molecule has 96 valence electrons. The van der Waals surface area contributed by atoms with Gasteiger partial charge < -0.3 is 0 Å². The Morgan fingerprint density at radius 1 is 0.550 bits per heavy atom. The van der Waals surface area contributed by atoms with Crippen LogP contribution in [-0.4, -0.2) is 24.9 Å². The maximum Gasteiger partial charge on any atom is 0.119 e. The summed E-state index contributed by atoms with van der Waals surface area (Å²) in [5.74, 6) is 0. The second-order valence-electron chi connectivity index (χ2n) is 4.01. The average molecular weight is 261 g/mol. The third-order valence-corrected chi connectivity index (χ3v) is 2.74. The minimum atomic E-state index is 0.977. The number of rotatable bonds is 0. The molecule has 5 nitrogen and oxygen atoms in total. The summed E-state index contributed by atoms with van der Waals surface area (Å²) in [4.78, 5) is 19.4. The fourth-order valence-electron chi connectivity index (χ4n) is 1.88. The van der Waals surface area contributed by atoms with E-state index in [-0.39, 0.29) is 0 Å². The molecule has 3 aromatic heterocycles. The first-order chi connectivity index (χ1) is 9.95. The van der Waals surface area contributed by atoms with Crippen molar-refractivity contribution >= 4 is 21.8 Å². The van der Waals surface area contributed by atoms with Crippen LogP contribution in [0.15, 0.2) is 67.8 Å². The predicted octanol–water partition coefficient (Wildman–Crippen LogP) is 2.65. The van der Waals surface area contributed by atoms with Gasteiger partial charge >= 0.3 is 0 Å². The third kappa shape index (κ3) is 2.56. The zero-order valence-electron chi connectivity index (χ0n) is 10.6. The standard InChI is InChI=1S/C12H8N2.C3H3N3/c1-3-9-5-6-10-4-2-8-14-12(10)11(9)13-7-1;1-4-2-6-3-5-1/h1-8H;1-3H. The zero-order chi connectivity index (χ0) is 13.6. The van der Waals surface area contributed by atoms with Crippen molar-refractivity contribution in [2.45, 2.75) is 0 Å². The Labute approximate surface area is 115 Å². The fourth-order valence-corrected chi connectivity index (χ4v) is 1.88. The second-order valence-corrected chi connectivity index (χ2v) is 4.01. The van der Waals surface area contributed by atoms with Crippen molar-refractivity contribution in [3.05, 3.63) is 67.8 Å². The van der Waals surface area contributed by atoms with Crippen LogP contribution in [0.1, 0.15) is 0 Å². The van der Waals surface area contributed by atoms with Crippen LogP contribution in [0.4, 0.5) is 0 Å². The zero-order valence-corrected chi connectivity index (χ0v) is 10.6. The first-order valence-electron chi connectivity index (χ1n) is 6.08. The van der Waals surface area contributed by atoms with Crippen molar-refractivity contribution < 1.29 is 0 Å². The number of benzene rings is 1. The van der Waals surface area contributed by atoms with Crippen molar-refractivity contribution in [2.24, 2.45) is 0 Å². The van der Waals surface area contributed by atoms with E-state index in [1.165, 1.54) is 19.0 Å². The minimum absolute atomic E-state index is 0.977. The summed E-state index contributed by atoms with van der Waals surface area (Å²) in [5, 5.41) is 2.28. The van der Waals surface area contributed by atoms with E-state index in [0.717, 1.165) is 21.8 Å². The van der Waals surface area contributed by atoms with Crippen LogP contribution in [0.25, 0.3) is 21.8 Å². The summed E-state index contributed by atoms with van der Waals surface area (Å²) in [7, 11) is 0. The van der Waals surface area contributed by atoms with Crippen LogP contribution >= 0.6 is 0 Å². The quantitative estimate of drug-likeness (QED) is 0.455. The highest BCUT2D eigenvalue weighted by Crippen LogP contribution is 2.20. The Morgan fingerprint density at radius 2 is 1.00 bits per heavy atom. The molecule has 4 rings (SSSR count). The highest BCUT2D eigenvalue weighted by molar-refractivity contribution is 6.02. The molecular formula is C15H11N5. The molecule has 4 aromatic rings. The summed E-state index contributed by atoms with van der Waals surface area (Å²) in [6, 6.07) is 12.1. The molecule has 0 amide bonds. The molecule has 0 atom stereocenters. The molecular weight excluding hydrogens is 250 g/mol. The molecule has 0 aliphatic rings. The van der Waals surface area contributed by atoms with Gasteiger partial charge in [-0.1, -0.05) is 24.3 Å². The Balaban J connectivity index is 0.000000170. The van der Waals surface area contributed by atoms with E-state index in [2.05, 4.69) is 49.2 Å². The highest BCUT2D eigenvalue weighted by Gasteiger charge is 2.00. The van der Waals surface area contributed by atoms with E-state index in [4.69, 9.17) is 0 Å². The monoisotopic (exact) mass is 261 g/mol. The van der Waals surface area contributed by atoms with Gasteiger partial charge in [-0.2, -0.15) is 0 Å². The predicted molar refractivity (Wildman–Crippen MR) is 76.9 cm³/mol. The number of fused-ring (bicyclic) bond motifs is 3. The normalized spacial score (nSPS) is 10.0. The highest BCUT2D eigenvalue weighted by atomic mass is 14.9. The van der Waals surface area contributed by atoms with Crippen molar-refractivity contribution in [3.63, 3.8) is 0 Å². The SMILES string of the molecule is c1cnc2c(c1)ccc1cccnc12.c1ncncn1. The number of nitrogens with zero attached hydrogens (tertiary/aromatic N) is 5. The molecule has 3 heterocycles. The van der Waals surface area contributed by atoms with Crippen LogP contribution in [0.2, 0.25) is 0 Å². The van der Waals surface area contributed by atoms with Gasteiger partial charge in [0.05, 0.1) is 11.0 Å². The van der Waals surface area contributed by atoms with E-state index in [9.17, 15) is 0 Å². The van der Waals surface area contributed by atoms with Gasteiger partial charge in [0.25, 0.3) is 0 Å².